The summed E-state index contributed by atoms with van der Waals surface area (Å²) in [5, 5.41) is 11.9. The summed E-state index contributed by atoms with van der Waals surface area (Å²) in [6, 6.07) is 15.0. The molecular weight excluding hydrogens is 352 g/mol. The summed E-state index contributed by atoms with van der Waals surface area (Å²) in [6.07, 6.45) is 0. The SMILES string of the molecule is CC(O)(c1ccc(Br)cc1)c1nc(Cl)nc2ccccc12. The quantitative estimate of drug-likeness (QED) is 0.690. The molecule has 0 radical (unpaired) electrons. The number of para-hydroxylation sites is 1. The van der Waals surface area contributed by atoms with E-state index >= 15 is 0 Å². The van der Waals surface area contributed by atoms with E-state index in [-0.39, 0.29) is 5.28 Å². The van der Waals surface area contributed by atoms with Gasteiger partial charge >= 0.3 is 0 Å². The lowest BCUT2D eigenvalue weighted by Gasteiger charge is -2.24. The van der Waals surface area contributed by atoms with Crippen LogP contribution in [0.2, 0.25) is 5.28 Å². The summed E-state index contributed by atoms with van der Waals surface area (Å²) in [5.41, 5.74) is 0.698. The fraction of sp³-hybridized carbons (Fsp3) is 0.125. The van der Waals surface area contributed by atoms with Crippen LogP contribution in [0.5, 0.6) is 0 Å². The van der Waals surface area contributed by atoms with Crippen molar-refractivity contribution >= 4 is 38.4 Å². The molecule has 0 aliphatic carbocycles. The molecule has 21 heavy (non-hydrogen) atoms. The van der Waals surface area contributed by atoms with Crippen LogP contribution in [0.15, 0.2) is 53.0 Å². The van der Waals surface area contributed by atoms with Crippen LogP contribution in [0, 0.1) is 0 Å². The first-order valence-corrected chi connectivity index (χ1v) is 7.57. The van der Waals surface area contributed by atoms with Gasteiger partial charge in [-0.1, -0.05) is 46.3 Å². The Kier molecular flexibility index (Phi) is 3.69. The fourth-order valence-corrected chi connectivity index (χ4v) is 2.77. The summed E-state index contributed by atoms with van der Waals surface area (Å²) < 4.78 is 0.952. The van der Waals surface area contributed by atoms with Crippen molar-refractivity contribution in [2.24, 2.45) is 0 Å². The van der Waals surface area contributed by atoms with E-state index in [0.29, 0.717) is 11.2 Å². The topological polar surface area (TPSA) is 46.0 Å². The number of rotatable bonds is 2. The van der Waals surface area contributed by atoms with E-state index in [9.17, 15) is 5.11 Å². The summed E-state index contributed by atoms with van der Waals surface area (Å²) in [6.45, 7) is 1.71. The lowest BCUT2D eigenvalue weighted by molar-refractivity contribution is 0.0990. The van der Waals surface area contributed by atoms with E-state index in [1.165, 1.54) is 0 Å². The van der Waals surface area contributed by atoms with Gasteiger partial charge in [0.15, 0.2) is 0 Å². The highest BCUT2D eigenvalue weighted by Crippen LogP contribution is 2.33. The van der Waals surface area contributed by atoms with Gasteiger partial charge in [-0.25, -0.2) is 9.97 Å². The largest absolute Gasteiger partial charge is 0.379 e. The van der Waals surface area contributed by atoms with E-state index in [1.54, 1.807) is 6.92 Å². The van der Waals surface area contributed by atoms with Gasteiger partial charge in [0.25, 0.3) is 0 Å². The van der Waals surface area contributed by atoms with Gasteiger partial charge in [0.05, 0.1) is 11.2 Å². The van der Waals surface area contributed by atoms with Crippen molar-refractivity contribution in [1.82, 2.24) is 9.97 Å². The highest BCUT2D eigenvalue weighted by molar-refractivity contribution is 9.10. The molecule has 1 N–H and O–H groups in total. The molecule has 3 rings (SSSR count). The first-order valence-electron chi connectivity index (χ1n) is 6.39. The predicted octanol–water partition coefficient (Wildman–Crippen LogP) is 4.30. The van der Waals surface area contributed by atoms with Gasteiger partial charge in [-0.15, -0.1) is 0 Å². The fourth-order valence-electron chi connectivity index (χ4n) is 2.33. The minimum Gasteiger partial charge on any atom is -0.379 e. The van der Waals surface area contributed by atoms with E-state index in [0.717, 1.165) is 15.4 Å². The number of hydrogen-bond acceptors (Lipinski definition) is 3. The van der Waals surface area contributed by atoms with Crippen LogP contribution < -0.4 is 0 Å². The molecule has 3 aromatic rings. The molecule has 1 atom stereocenters. The third kappa shape index (κ3) is 2.67. The van der Waals surface area contributed by atoms with Crippen molar-refractivity contribution in [3.8, 4) is 0 Å². The third-order valence-corrected chi connectivity index (χ3v) is 4.14. The van der Waals surface area contributed by atoms with Crippen LogP contribution in [-0.2, 0) is 5.60 Å². The Morgan fingerprint density at radius 3 is 2.43 bits per heavy atom. The Morgan fingerprint density at radius 1 is 1.05 bits per heavy atom. The Labute approximate surface area is 135 Å². The molecule has 0 saturated carbocycles. The van der Waals surface area contributed by atoms with Gasteiger partial charge in [0.1, 0.15) is 5.60 Å². The van der Waals surface area contributed by atoms with Crippen molar-refractivity contribution in [2.45, 2.75) is 12.5 Å². The molecule has 2 aromatic carbocycles. The van der Waals surface area contributed by atoms with Gasteiger partial charge in [0.2, 0.25) is 5.28 Å². The molecule has 106 valence electrons. The molecule has 1 heterocycles. The lowest BCUT2D eigenvalue weighted by Crippen LogP contribution is -2.25. The maximum Gasteiger partial charge on any atom is 0.223 e. The molecule has 0 amide bonds. The highest BCUT2D eigenvalue weighted by Gasteiger charge is 2.30. The van der Waals surface area contributed by atoms with Crippen LogP contribution in [0.4, 0.5) is 0 Å². The lowest BCUT2D eigenvalue weighted by atomic mass is 9.90. The van der Waals surface area contributed by atoms with Crippen LogP contribution in [0.25, 0.3) is 10.9 Å². The Hall–Kier alpha value is -1.49. The smallest absolute Gasteiger partial charge is 0.223 e. The summed E-state index contributed by atoms with van der Waals surface area (Å²) in [4.78, 5) is 8.46. The molecule has 0 aliphatic heterocycles. The minimum atomic E-state index is -1.26. The Balaban J connectivity index is 2.25. The van der Waals surface area contributed by atoms with Crippen LogP contribution >= 0.6 is 27.5 Å². The number of benzene rings is 2. The van der Waals surface area contributed by atoms with Crippen molar-refractivity contribution in [3.63, 3.8) is 0 Å². The normalized spacial score (nSPS) is 14.1. The Morgan fingerprint density at radius 2 is 1.71 bits per heavy atom. The van der Waals surface area contributed by atoms with E-state index in [2.05, 4.69) is 25.9 Å². The number of halogens is 2. The molecular formula is C16H12BrClN2O. The number of fused-ring (bicyclic) bond motifs is 1. The average Bonchev–Trinajstić information content (AvgIpc) is 2.46. The van der Waals surface area contributed by atoms with Crippen LogP contribution in [0.1, 0.15) is 18.2 Å². The zero-order valence-corrected chi connectivity index (χ0v) is 13.6. The number of hydrogen-bond donors (Lipinski definition) is 1. The zero-order chi connectivity index (χ0) is 15.0. The maximum absolute atomic E-state index is 11.0. The van der Waals surface area contributed by atoms with Crippen LogP contribution in [0.3, 0.4) is 0 Å². The monoisotopic (exact) mass is 362 g/mol. The van der Waals surface area contributed by atoms with Gasteiger partial charge < -0.3 is 5.11 Å². The summed E-state index contributed by atoms with van der Waals surface area (Å²) >= 11 is 9.39. The Bertz CT molecular complexity index is 803. The number of nitrogens with zero attached hydrogens (tertiary/aromatic N) is 2. The standard InChI is InChI=1S/C16H12BrClN2O/c1-16(21,10-6-8-11(17)9-7-10)14-12-4-2-3-5-13(12)19-15(18)20-14/h2-9,21H,1H3. The maximum atomic E-state index is 11.0. The van der Waals surface area contributed by atoms with Crippen molar-refractivity contribution in [2.75, 3.05) is 0 Å². The van der Waals surface area contributed by atoms with Crippen molar-refractivity contribution in [1.29, 1.82) is 0 Å². The second-order valence-corrected chi connectivity index (χ2v) is 6.19. The zero-order valence-electron chi connectivity index (χ0n) is 11.2. The number of aromatic nitrogens is 2. The first kappa shape index (κ1) is 14.4. The van der Waals surface area contributed by atoms with Crippen molar-refractivity contribution in [3.05, 3.63) is 69.5 Å². The molecule has 0 aliphatic rings. The van der Waals surface area contributed by atoms with Gasteiger partial charge in [-0.05, 0) is 42.3 Å². The molecule has 0 bridgehead atoms. The molecule has 0 fully saturated rings. The molecule has 1 unspecified atom stereocenters. The van der Waals surface area contributed by atoms with E-state index < -0.39 is 5.60 Å². The van der Waals surface area contributed by atoms with Crippen molar-refractivity contribution < 1.29 is 5.11 Å². The van der Waals surface area contributed by atoms with E-state index in [1.807, 2.05) is 48.5 Å². The van der Waals surface area contributed by atoms with Gasteiger partial charge in [0, 0.05) is 9.86 Å². The molecule has 1 aromatic heterocycles. The third-order valence-electron chi connectivity index (χ3n) is 3.44. The van der Waals surface area contributed by atoms with Gasteiger partial charge in [-0.3, -0.25) is 0 Å². The molecule has 0 saturated heterocycles. The predicted molar refractivity (Wildman–Crippen MR) is 87.4 cm³/mol. The number of aliphatic hydroxyl groups is 1. The minimum absolute atomic E-state index is 0.126. The molecule has 5 heteroatoms. The summed E-state index contributed by atoms with van der Waals surface area (Å²) in [5.74, 6) is 0. The molecule has 0 spiro atoms. The second kappa shape index (κ2) is 5.37. The molecule has 3 nitrogen and oxygen atoms in total. The second-order valence-electron chi connectivity index (χ2n) is 4.94. The van der Waals surface area contributed by atoms with Crippen LogP contribution in [-0.4, -0.2) is 15.1 Å². The summed E-state index contributed by atoms with van der Waals surface area (Å²) in [7, 11) is 0. The average molecular weight is 364 g/mol. The first-order chi connectivity index (χ1) is 9.98. The van der Waals surface area contributed by atoms with E-state index in [4.69, 9.17) is 11.6 Å². The highest BCUT2D eigenvalue weighted by atomic mass is 79.9. The van der Waals surface area contributed by atoms with Gasteiger partial charge in [-0.2, -0.15) is 0 Å².